The average molecular weight is 215 g/mol. The fraction of sp³-hybridized carbons (Fsp3) is 0.778. The Labute approximate surface area is 89.0 Å². The van der Waals surface area contributed by atoms with E-state index >= 15 is 0 Å². The van der Waals surface area contributed by atoms with Gasteiger partial charge in [-0.2, -0.15) is 0 Å². The van der Waals surface area contributed by atoms with Gasteiger partial charge < -0.3 is 20.2 Å². The first kappa shape index (κ1) is 11.9. The molecule has 1 saturated heterocycles. The summed E-state index contributed by atoms with van der Waals surface area (Å²) in [4.78, 5) is 16.2. The van der Waals surface area contributed by atoms with Gasteiger partial charge in [0.05, 0.1) is 18.4 Å². The predicted molar refractivity (Wildman–Crippen MR) is 55.7 cm³/mol. The van der Waals surface area contributed by atoms with Gasteiger partial charge >= 0.3 is 0 Å². The zero-order valence-corrected chi connectivity index (χ0v) is 9.08. The van der Waals surface area contributed by atoms with Crippen LogP contribution in [0.15, 0.2) is 5.16 Å². The molecule has 6 nitrogen and oxygen atoms in total. The van der Waals surface area contributed by atoms with Gasteiger partial charge in [-0.3, -0.25) is 4.79 Å². The van der Waals surface area contributed by atoms with Crippen LogP contribution in [0.3, 0.4) is 0 Å². The maximum Gasteiger partial charge on any atom is 0.237 e. The van der Waals surface area contributed by atoms with E-state index in [0.29, 0.717) is 26.1 Å². The van der Waals surface area contributed by atoms with Gasteiger partial charge in [0.1, 0.15) is 7.11 Å². The first-order chi connectivity index (χ1) is 7.27. The molecule has 0 aromatic rings. The molecule has 15 heavy (non-hydrogen) atoms. The van der Waals surface area contributed by atoms with Crippen molar-refractivity contribution in [3.05, 3.63) is 0 Å². The summed E-state index contributed by atoms with van der Waals surface area (Å²) in [6, 6.07) is -0.198. The summed E-state index contributed by atoms with van der Waals surface area (Å²) in [5.41, 5.74) is 0.865. The molecule has 1 heterocycles. The SMILES string of the molecule is COCCNC(=O)[C@@H]1C/C(=N\OC)CN1. The minimum Gasteiger partial charge on any atom is -0.399 e. The first-order valence-corrected chi connectivity index (χ1v) is 4.87. The number of hydrogen-bond acceptors (Lipinski definition) is 5. The lowest BCUT2D eigenvalue weighted by atomic mass is 10.2. The number of ether oxygens (including phenoxy) is 1. The molecule has 1 fully saturated rings. The van der Waals surface area contributed by atoms with Crippen molar-refractivity contribution in [3.8, 4) is 0 Å². The molecular formula is C9H17N3O3. The van der Waals surface area contributed by atoms with Crippen LogP contribution >= 0.6 is 0 Å². The summed E-state index contributed by atoms with van der Waals surface area (Å²) in [7, 11) is 3.10. The second kappa shape index (κ2) is 6.36. The molecule has 0 aliphatic carbocycles. The van der Waals surface area contributed by atoms with Gasteiger partial charge in [-0.25, -0.2) is 0 Å². The van der Waals surface area contributed by atoms with E-state index in [0.717, 1.165) is 5.71 Å². The van der Waals surface area contributed by atoms with Crippen LogP contribution in [-0.4, -0.2) is 51.6 Å². The third-order valence-electron chi connectivity index (χ3n) is 2.13. The van der Waals surface area contributed by atoms with Crippen molar-refractivity contribution in [2.24, 2.45) is 5.16 Å². The number of nitrogens with one attached hydrogen (secondary N) is 2. The van der Waals surface area contributed by atoms with E-state index in [2.05, 4.69) is 20.6 Å². The maximum atomic E-state index is 11.5. The molecule has 0 saturated carbocycles. The van der Waals surface area contributed by atoms with Gasteiger partial charge in [-0.15, -0.1) is 0 Å². The van der Waals surface area contributed by atoms with Crippen LogP contribution in [-0.2, 0) is 14.4 Å². The molecule has 1 aliphatic rings. The highest BCUT2D eigenvalue weighted by atomic mass is 16.6. The highest BCUT2D eigenvalue weighted by molar-refractivity contribution is 5.96. The van der Waals surface area contributed by atoms with Gasteiger partial charge in [0.25, 0.3) is 0 Å². The third-order valence-corrected chi connectivity index (χ3v) is 2.13. The molecule has 86 valence electrons. The molecule has 0 aromatic carbocycles. The topological polar surface area (TPSA) is 72.0 Å². The number of hydrogen-bond donors (Lipinski definition) is 2. The number of oxime groups is 1. The standard InChI is InChI=1S/C9H17N3O3/c1-14-4-3-10-9(13)8-5-7(6-11-8)12-15-2/h8,11H,3-6H2,1-2H3,(H,10,13)/b12-7+/t8-/m0/s1. The molecule has 0 aromatic heterocycles. The van der Waals surface area contributed by atoms with Crippen molar-refractivity contribution in [1.29, 1.82) is 0 Å². The van der Waals surface area contributed by atoms with Gasteiger partial charge in [0.2, 0.25) is 5.91 Å². The van der Waals surface area contributed by atoms with E-state index in [-0.39, 0.29) is 11.9 Å². The monoisotopic (exact) mass is 215 g/mol. The van der Waals surface area contributed by atoms with Crippen LogP contribution in [0.4, 0.5) is 0 Å². The lowest BCUT2D eigenvalue weighted by Gasteiger charge is -2.09. The number of rotatable bonds is 5. The summed E-state index contributed by atoms with van der Waals surface area (Å²) in [6.07, 6.45) is 0.604. The van der Waals surface area contributed by atoms with Crippen molar-refractivity contribution in [1.82, 2.24) is 10.6 Å². The number of amides is 1. The highest BCUT2D eigenvalue weighted by Gasteiger charge is 2.26. The number of nitrogens with zero attached hydrogens (tertiary/aromatic N) is 1. The highest BCUT2D eigenvalue weighted by Crippen LogP contribution is 2.03. The molecule has 1 amide bonds. The van der Waals surface area contributed by atoms with Crippen molar-refractivity contribution in [2.45, 2.75) is 12.5 Å². The van der Waals surface area contributed by atoms with Gasteiger partial charge in [-0.05, 0) is 0 Å². The molecule has 1 atom stereocenters. The van der Waals surface area contributed by atoms with E-state index in [4.69, 9.17) is 4.74 Å². The van der Waals surface area contributed by atoms with Crippen LogP contribution in [0.25, 0.3) is 0 Å². The fourth-order valence-corrected chi connectivity index (χ4v) is 1.40. The zero-order chi connectivity index (χ0) is 11.1. The Balaban J connectivity index is 2.27. The zero-order valence-electron chi connectivity index (χ0n) is 9.08. The smallest absolute Gasteiger partial charge is 0.237 e. The Kier molecular flexibility index (Phi) is 5.06. The predicted octanol–water partition coefficient (Wildman–Crippen LogP) is -0.887. The minimum absolute atomic E-state index is 0.0200. The molecular weight excluding hydrogens is 198 g/mol. The Morgan fingerprint density at radius 3 is 3.13 bits per heavy atom. The van der Waals surface area contributed by atoms with Crippen LogP contribution in [0.1, 0.15) is 6.42 Å². The summed E-state index contributed by atoms with van der Waals surface area (Å²) >= 11 is 0. The Hall–Kier alpha value is -1.14. The lowest BCUT2D eigenvalue weighted by molar-refractivity contribution is -0.122. The second-order valence-electron chi connectivity index (χ2n) is 3.26. The van der Waals surface area contributed by atoms with Crippen molar-refractivity contribution >= 4 is 11.6 Å². The molecule has 6 heteroatoms. The average Bonchev–Trinajstić information content (AvgIpc) is 2.67. The van der Waals surface area contributed by atoms with Gasteiger partial charge in [-0.1, -0.05) is 5.16 Å². The summed E-state index contributed by atoms with van der Waals surface area (Å²) < 4.78 is 4.84. The van der Waals surface area contributed by atoms with Crippen molar-refractivity contribution in [3.63, 3.8) is 0 Å². The van der Waals surface area contributed by atoms with E-state index in [1.54, 1.807) is 7.11 Å². The summed E-state index contributed by atoms with van der Waals surface area (Å²) in [6.45, 7) is 1.66. The fourth-order valence-electron chi connectivity index (χ4n) is 1.40. The number of methoxy groups -OCH3 is 1. The molecule has 2 N–H and O–H groups in total. The van der Waals surface area contributed by atoms with E-state index in [1.165, 1.54) is 7.11 Å². The van der Waals surface area contributed by atoms with Crippen LogP contribution in [0, 0.1) is 0 Å². The Morgan fingerprint density at radius 2 is 2.47 bits per heavy atom. The largest absolute Gasteiger partial charge is 0.399 e. The number of carbonyl (C=O) groups excluding carboxylic acids is 1. The van der Waals surface area contributed by atoms with E-state index in [1.807, 2.05) is 0 Å². The molecule has 1 rings (SSSR count). The molecule has 0 spiro atoms. The minimum atomic E-state index is -0.198. The second-order valence-corrected chi connectivity index (χ2v) is 3.26. The molecule has 0 bridgehead atoms. The lowest BCUT2D eigenvalue weighted by Crippen LogP contribution is -2.41. The molecule has 0 radical (unpaired) electrons. The van der Waals surface area contributed by atoms with E-state index < -0.39 is 0 Å². The molecule has 1 aliphatic heterocycles. The van der Waals surface area contributed by atoms with Crippen molar-refractivity contribution in [2.75, 3.05) is 33.9 Å². The molecule has 0 unspecified atom stereocenters. The van der Waals surface area contributed by atoms with Crippen LogP contribution in [0.5, 0.6) is 0 Å². The van der Waals surface area contributed by atoms with Crippen LogP contribution < -0.4 is 10.6 Å². The summed E-state index contributed by atoms with van der Waals surface area (Å²) in [5.74, 6) is -0.0200. The number of carbonyl (C=O) groups is 1. The Morgan fingerprint density at radius 1 is 1.67 bits per heavy atom. The summed E-state index contributed by atoms with van der Waals surface area (Å²) in [5, 5.41) is 9.62. The van der Waals surface area contributed by atoms with Gasteiger partial charge in [0.15, 0.2) is 0 Å². The quantitative estimate of drug-likeness (QED) is 0.461. The van der Waals surface area contributed by atoms with E-state index in [9.17, 15) is 4.79 Å². The maximum absolute atomic E-state index is 11.5. The van der Waals surface area contributed by atoms with Crippen LogP contribution in [0.2, 0.25) is 0 Å². The van der Waals surface area contributed by atoms with Crippen molar-refractivity contribution < 1.29 is 14.4 Å². The van der Waals surface area contributed by atoms with Gasteiger partial charge in [0, 0.05) is 26.6 Å². The first-order valence-electron chi connectivity index (χ1n) is 4.87. The third kappa shape index (κ3) is 3.85. The normalized spacial score (nSPS) is 23.1. The Bertz CT molecular complexity index is 243.